The predicted molar refractivity (Wildman–Crippen MR) is 121 cm³/mol. The number of rotatable bonds is 7. The molecule has 31 heavy (non-hydrogen) atoms. The van der Waals surface area contributed by atoms with Gasteiger partial charge in [-0.3, -0.25) is 9.69 Å². The Morgan fingerprint density at radius 3 is 2.42 bits per heavy atom. The third kappa shape index (κ3) is 5.61. The molecule has 6 heteroatoms. The van der Waals surface area contributed by atoms with Crippen LogP contribution in [0.25, 0.3) is 0 Å². The largest absolute Gasteiger partial charge is 0.489 e. The molecule has 1 fully saturated rings. The van der Waals surface area contributed by atoms with E-state index in [0.717, 1.165) is 49.0 Å². The Morgan fingerprint density at radius 1 is 1.03 bits per heavy atom. The first kappa shape index (κ1) is 20.9. The molecule has 1 saturated heterocycles. The number of hydrogen-bond acceptors (Lipinski definition) is 3. The van der Waals surface area contributed by atoms with E-state index in [0.29, 0.717) is 6.61 Å². The number of aromatic nitrogens is 1. The first-order chi connectivity index (χ1) is 15.2. The number of nitrogens with zero attached hydrogens (tertiary/aromatic N) is 1. The molecule has 0 spiro atoms. The van der Waals surface area contributed by atoms with Crippen molar-refractivity contribution in [2.45, 2.75) is 19.6 Å². The quantitative estimate of drug-likeness (QED) is 0.615. The average Bonchev–Trinajstić information content (AvgIpc) is 2.84. The van der Waals surface area contributed by atoms with Crippen LogP contribution in [-0.4, -0.2) is 38.1 Å². The van der Waals surface area contributed by atoms with Gasteiger partial charge in [-0.25, -0.2) is 4.98 Å². The van der Waals surface area contributed by atoms with Crippen molar-refractivity contribution < 1.29 is 19.4 Å². The van der Waals surface area contributed by atoms with Crippen molar-refractivity contribution in [1.29, 1.82) is 0 Å². The number of benzene rings is 2. The van der Waals surface area contributed by atoms with Crippen LogP contribution in [0.1, 0.15) is 12.5 Å². The molecule has 4 rings (SSSR count). The van der Waals surface area contributed by atoms with E-state index in [4.69, 9.17) is 4.74 Å². The molecule has 0 bridgehead atoms. The summed E-state index contributed by atoms with van der Waals surface area (Å²) in [5.41, 5.74) is 1.92. The minimum atomic E-state index is -0.101. The van der Waals surface area contributed by atoms with Crippen LogP contribution in [-0.2, 0) is 11.4 Å². The summed E-state index contributed by atoms with van der Waals surface area (Å²) in [5, 5.41) is 3.05. The van der Waals surface area contributed by atoms with Crippen LogP contribution >= 0.6 is 0 Å². The maximum absolute atomic E-state index is 12.8. The molecule has 3 aromatic rings. The molecular formula is C25H30N4O2+2. The van der Waals surface area contributed by atoms with Crippen molar-refractivity contribution in [3.05, 3.63) is 84.6 Å². The number of hydrogen-bond donors (Lipinski definition) is 2. The summed E-state index contributed by atoms with van der Waals surface area (Å²) in [6.45, 7) is 6.26. The highest BCUT2D eigenvalue weighted by Crippen LogP contribution is 2.17. The molecule has 160 valence electrons. The Morgan fingerprint density at radius 2 is 1.74 bits per heavy atom. The number of amides is 1. The number of H-pyrrole nitrogens is 1. The molecule has 0 radical (unpaired) electrons. The predicted octanol–water partition coefficient (Wildman–Crippen LogP) is 1.81. The van der Waals surface area contributed by atoms with E-state index in [1.54, 1.807) is 0 Å². The summed E-state index contributed by atoms with van der Waals surface area (Å²) < 4.78 is 5.82. The van der Waals surface area contributed by atoms with E-state index in [-0.39, 0.29) is 11.9 Å². The van der Waals surface area contributed by atoms with Gasteiger partial charge in [0.1, 0.15) is 38.5 Å². The molecule has 3 N–H and O–H groups in total. The second kappa shape index (κ2) is 10.1. The van der Waals surface area contributed by atoms with E-state index in [1.807, 2.05) is 79.9 Å². The number of nitrogens with one attached hydrogen (secondary N) is 3. The molecule has 1 amide bonds. The van der Waals surface area contributed by atoms with Gasteiger partial charge < -0.3 is 15.0 Å². The van der Waals surface area contributed by atoms with E-state index >= 15 is 0 Å². The highest BCUT2D eigenvalue weighted by molar-refractivity contribution is 5.93. The van der Waals surface area contributed by atoms with Gasteiger partial charge in [0.15, 0.2) is 6.04 Å². The van der Waals surface area contributed by atoms with Crippen molar-refractivity contribution in [2.75, 3.05) is 36.4 Å². The highest BCUT2D eigenvalue weighted by atomic mass is 16.5. The maximum atomic E-state index is 12.8. The molecule has 6 nitrogen and oxygen atoms in total. The first-order valence-corrected chi connectivity index (χ1v) is 10.8. The molecule has 0 unspecified atom stereocenters. The zero-order valence-electron chi connectivity index (χ0n) is 17.9. The average molecular weight is 419 g/mol. The van der Waals surface area contributed by atoms with Crippen molar-refractivity contribution >= 4 is 17.4 Å². The summed E-state index contributed by atoms with van der Waals surface area (Å²) >= 11 is 0. The molecular weight excluding hydrogens is 388 g/mol. The minimum absolute atomic E-state index is 0.0488. The summed E-state index contributed by atoms with van der Waals surface area (Å²) in [5.74, 6) is 1.97. The number of pyridine rings is 1. The summed E-state index contributed by atoms with van der Waals surface area (Å²) in [7, 11) is 0. The van der Waals surface area contributed by atoms with Gasteiger partial charge in [0, 0.05) is 11.8 Å². The highest BCUT2D eigenvalue weighted by Gasteiger charge is 2.32. The molecule has 0 aliphatic carbocycles. The van der Waals surface area contributed by atoms with Gasteiger partial charge in [-0.2, -0.15) is 0 Å². The van der Waals surface area contributed by atoms with Crippen molar-refractivity contribution in [2.24, 2.45) is 0 Å². The lowest BCUT2D eigenvalue weighted by Gasteiger charge is -2.31. The van der Waals surface area contributed by atoms with Crippen LogP contribution in [0.2, 0.25) is 0 Å². The van der Waals surface area contributed by atoms with E-state index in [1.165, 1.54) is 4.90 Å². The van der Waals surface area contributed by atoms with Crippen LogP contribution in [0.4, 0.5) is 11.5 Å². The van der Waals surface area contributed by atoms with E-state index in [2.05, 4.69) is 21.3 Å². The maximum Gasteiger partial charge on any atom is 0.282 e. The number of anilines is 2. The monoisotopic (exact) mass is 418 g/mol. The number of quaternary nitrogens is 1. The zero-order valence-corrected chi connectivity index (χ0v) is 17.9. The number of carbonyl (C=O) groups excluding carboxylic acids is 1. The smallest absolute Gasteiger partial charge is 0.282 e. The molecule has 1 aromatic heterocycles. The summed E-state index contributed by atoms with van der Waals surface area (Å²) in [6.07, 6.45) is 1.95. The Balaban J connectivity index is 1.25. The van der Waals surface area contributed by atoms with Gasteiger partial charge in [-0.15, -0.1) is 0 Å². The number of piperazine rings is 1. The fourth-order valence-electron chi connectivity index (χ4n) is 3.86. The third-order valence-electron chi connectivity index (χ3n) is 5.81. The van der Waals surface area contributed by atoms with Crippen LogP contribution < -0.4 is 24.8 Å². The first-order valence-electron chi connectivity index (χ1n) is 10.8. The Bertz CT molecular complexity index is 956. The minimum Gasteiger partial charge on any atom is -0.489 e. The Hall–Kier alpha value is -3.38. The van der Waals surface area contributed by atoms with Crippen LogP contribution in [0.15, 0.2) is 79.0 Å². The molecule has 2 aromatic carbocycles. The normalized spacial score (nSPS) is 15.3. The van der Waals surface area contributed by atoms with Gasteiger partial charge in [-0.05, 0) is 42.8 Å². The molecule has 0 saturated carbocycles. The summed E-state index contributed by atoms with van der Waals surface area (Å²) in [6, 6.07) is 23.7. The van der Waals surface area contributed by atoms with Gasteiger partial charge >= 0.3 is 0 Å². The van der Waals surface area contributed by atoms with Crippen LogP contribution in [0.3, 0.4) is 0 Å². The fraction of sp³-hybridized carbons (Fsp3) is 0.280. The Kier molecular flexibility index (Phi) is 6.79. The van der Waals surface area contributed by atoms with E-state index < -0.39 is 0 Å². The van der Waals surface area contributed by atoms with Gasteiger partial charge in [0.25, 0.3) is 11.7 Å². The Labute approximate surface area is 183 Å². The lowest BCUT2D eigenvalue weighted by Crippen LogP contribution is -3.19. The molecule has 2 heterocycles. The van der Waals surface area contributed by atoms with Crippen molar-refractivity contribution in [1.82, 2.24) is 0 Å². The third-order valence-corrected chi connectivity index (χ3v) is 5.81. The second-order valence-corrected chi connectivity index (χ2v) is 7.90. The van der Waals surface area contributed by atoms with Gasteiger partial charge in [0.2, 0.25) is 0 Å². The van der Waals surface area contributed by atoms with Crippen LogP contribution in [0.5, 0.6) is 5.75 Å². The topological polar surface area (TPSA) is 60.1 Å². The van der Waals surface area contributed by atoms with E-state index in [9.17, 15) is 4.79 Å². The number of carbonyl (C=O) groups is 1. The second-order valence-electron chi connectivity index (χ2n) is 7.90. The molecule has 1 aliphatic rings. The molecule has 1 aliphatic heterocycles. The fourth-order valence-corrected chi connectivity index (χ4v) is 3.86. The standard InChI is InChI=1S/C25H28N4O2/c1-20(28-15-17-29(18-16-28)24-9-5-6-14-26-24)25(30)27-22-10-12-23(13-11-22)31-19-21-7-3-2-4-8-21/h2-14,20H,15-19H2,1H3,(H,27,30)/p+2/t20-/m1/s1. The van der Waals surface area contributed by atoms with Gasteiger partial charge in [0.05, 0.1) is 6.20 Å². The van der Waals surface area contributed by atoms with Gasteiger partial charge in [-0.1, -0.05) is 36.4 Å². The van der Waals surface area contributed by atoms with Crippen LogP contribution in [0, 0.1) is 0 Å². The number of ether oxygens (including phenoxy) is 1. The van der Waals surface area contributed by atoms with Crippen molar-refractivity contribution in [3.8, 4) is 5.75 Å². The SMILES string of the molecule is C[C@H](C(=O)Nc1ccc(OCc2ccccc2)cc1)[NH+]1CCN(c2cccc[nH+]2)CC1. The lowest BCUT2D eigenvalue weighted by molar-refractivity contribution is -0.914. The lowest BCUT2D eigenvalue weighted by atomic mass is 10.2. The zero-order chi connectivity index (χ0) is 21.5. The molecule has 1 atom stereocenters. The summed E-state index contributed by atoms with van der Waals surface area (Å²) in [4.78, 5) is 19.7. The van der Waals surface area contributed by atoms with Crippen molar-refractivity contribution in [3.63, 3.8) is 0 Å². The number of aromatic amines is 1.